The van der Waals surface area contributed by atoms with Crippen LogP contribution in [0.5, 0.6) is 0 Å². The van der Waals surface area contributed by atoms with Gasteiger partial charge in [-0.2, -0.15) is 0 Å². The first kappa shape index (κ1) is 16.6. The lowest BCUT2D eigenvalue weighted by Crippen LogP contribution is -2.38. The topological polar surface area (TPSA) is 56.6 Å². The number of benzene rings is 1. The van der Waals surface area contributed by atoms with E-state index in [0.717, 1.165) is 5.69 Å². The molecule has 1 aromatic heterocycles. The second-order valence-corrected chi connectivity index (χ2v) is 5.66. The maximum absolute atomic E-state index is 12.5. The maximum Gasteiger partial charge on any atom is 0.344 e. The van der Waals surface area contributed by atoms with Crippen molar-refractivity contribution in [3.8, 4) is 5.69 Å². The van der Waals surface area contributed by atoms with E-state index in [0.29, 0.717) is 42.3 Å². The summed E-state index contributed by atoms with van der Waals surface area (Å²) in [6, 6.07) is 9.59. The Morgan fingerprint density at radius 2 is 2.00 bits per heavy atom. The summed E-state index contributed by atoms with van der Waals surface area (Å²) in [5, 5.41) is 0. The highest BCUT2D eigenvalue weighted by molar-refractivity contribution is 7.71. The third-order valence-electron chi connectivity index (χ3n) is 3.78. The number of para-hydroxylation sites is 1. The van der Waals surface area contributed by atoms with E-state index >= 15 is 0 Å². The van der Waals surface area contributed by atoms with Gasteiger partial charge in [0.1, 0.15) is 22.3 Å². The summed E-state index contributed by atoms with van der Waals surface area (Å²) in [4.78, 5) is 19.0. The highest BCUT2D eigenvalue weighted by atomic mass is 32.1. The third-order valence-corrected chi connectivity index (χ3v) is 4.18. The maximum atomic E-state index is 12.5. The Labute approximate surface area is 145 Å². The molecule has 24 heavy (non-hydrogen) atoms. The molecule has 2 heterocycles. The highest BCUT2D eigenvalue weighted by Crippen LogP contribution is 2.23. The van der Waals surface area contributed by atoms with Gasteiger partial charge in [0, 0.05) is 18.8 Å². The van der Waals surface area contributed by atoms with Crippen molar-refractivity contribution < 1.29 is 14.3 Å². The van der Waals surface area contributed by atoms with Crippen LogP contribution in [0.4, 0.5) is 5.82 Å². The quantitative estimate of drug-likeness (QED) is 0.627. The number of carbonyl (C=O) groups excluding carboxylic acids is 1. The van der Waals surface area contributed by atoms with Crippen molar-refractivity contribution in [1.29, 1.82) is 0 Å². The van der Waals surface area contributed by atoms with E-state index in [1.807, 2.05) is 35.2 Å². The van der Waals surface area contributed by atoms with Gasteiger partial charge in [-0.3, -0.25) is 4.57 Å². The van der Waals surface area contributed by atoms with Gasteiger partial charge in [0.15, 0.2) is 0 Å². The number of nitrogens with zero attached hydrogens (tertiary/aromatic N) is 3. The number of ether oxygens (including phenoxy) is 2. The summed E-state index contributed by atoms with van der Waals surface area (Å²) in [5.74, 6) is 0.121. The molecule has 126 valence electrons. The fraction of sp³-hybridized carbons (Fsp3) is 0.353. The Bertz CT molecular complexity index is 770. The van der Waals surface area contributed by atoms with E-state index in [2.05, 4.69) is 4.98 Å². The van der Waals surface area contributed by atoms with Crippen LogP contribution in [-0.2, 0) is 9.47 Å². The number of esters is 1. The average Bonchev–Trinajstić information content (AvgIpc) is 2.63. The van der Waals surface area contributed by atoms with E-state index in [9.17, 15) is 4.79 Å². The number of hydrogen-bond acceptors (Lipinski definition) is 6. The molecule has 0 radical (unpaired) electrons. The van der Waals surface area contributed by atoms with Crippen LogP contribution in [0.3, 0.4) is 0 Å². The number of carbonyl (C=O) groups is 1. The number of anilines is 1. The number of morpholine rings is 1. The zero-order valence-electron chi connectivity index (χ0n) is 13.5. The second-order valence-electron chi connectivity index (χ2n) is 5.27. The molecule has 1 aliphatic heterocycles. The van der Waals surface area contributed by atoms with E-state index in [-0.39, 0.29) is 6.61 Å². The molecule has 1 fully saturated rings. The largest absolute Gasteiger partial charge is 0.462 e. The third kappa shape index (κ3) is 3.32. The molecule has 0 atom stereocenters. The minimum Gasteiger partial charge on any atom is -0.462 e. The molecule has 7 heteroatoms. The molecule has 3 rings (SSSR count). The Kier molecular flexibility index (Phi) is 5.22. The molecule has 1 aromatic carbocycles. The summed E-state index contributed by atoms with van der Waals surface area (Å²) in [5.41, 5.74) is 1.19. The lowest BCUT2D eigenvalue weighted by Gasteiger charge is -2.29. The number of aromatic nitrogens is 2. The van der Waals surface area contributed by atoms with Gasteiger partial charge in [-0.05, 0) is 19.1 Å². The first-order valence-electron chi connectivity index (χ1n) is 7.89. The molecular weight excluding hydrogens is 326 g/mol. The summed E-state index contributed by atoms with van der Waals surface area (Å²) >= 11 is 5.59. The summed E-state index contributed by atoms with van der Waals surface area (Å²) < 4.78 is 12.7. The first-order valence-corrected chi connectivity index (χ1v) is 8.30. The molecule has 0 bridgehead atoms. The second kappa shape index (κ2) is 7.55. The van der Waals surface area contributed by atoms with Crippen LogP contribution in [0.2, 0.25) is 0 Å². The van der Waals surface area contributed by atoms with Crippen LogP contribution >= 0.6 is 12.2 Å². The van der Waals surface area contributed by atoms with Gasteiger partial charge in [0.05, 0.1) is 19.8 Å². The van der Waals surface area contributed by atoms with Gasteiger partial charge in [0.25, 0.3) is 0 Å². The fourth-order valence-electron chi connectivity index (χ4n) is 2.61. The van der Waals surface area contributed by atoms with E-state index in [4.69, 9.17) is 21.7 Å². The summed E-state index contributed by atoms with van der Waals surface area (Å²) in [6.45, 7) is 4.61. The first-order chi connectivity index (χ1) is 11.7. The van der Waals surface area contributed by atoms with Crippen LogP contribution in [0, 0.1) is 4.64 Å². The molecule has 0 saturated carbocycles. The molecular formula is C17H19N3O3S. The van der Waals surface area contributed by atoms with Gasteiger partial charge in [-0.15, -0.1) is 0 Å². The van der Waals surface area contributed by atoms with Crippen molar-refractivity contribution >= 4 is 24.0 Å². The van der Waals surface area contributed by atoms with Crippen molar-refractivity contribution in [2.75, 3.05) is 37.8 Å². The molecule has 0 unspecified atom stereocenters. The summed E-state index contributed by atoms with van der Waals surface area (Å²) in [7, 11) is 0. The van der Waals surface area contributed by atoms with Gasteiger partial charge in [0.2, 0.25) is 0 Å². The molecule has 6 nitrogen and oxygen atoms in total. The fourth-order valence-corrected chi connectivity index (χ4v) is 2.94. The molecule has 0 aliphatic carbocycles. The Morgan fingerprint density at radius 1 is 1.29 bits per heavy atom. The van der Waals surface area contributed by atoms with Gasteiger partial charge in [-0.25, -0.2) is 9.78 Å². The average molecular weight is 345 g/mol. The van der Waals surface area contributed by atoms with Gasteiger partial charge in [-0.1, -0.05) is 30.4 Å². The van der Waals surface area contributed by atoms with Crippen molar-refractivity contribution in [3.63, 3.8) is 0 Å². The predicted octanol–water partition coefficient (Wildman–Crippen LogP) is 2.62. The minimum atomic E-state index is -0.443. The lowest BCUT2D eigenvalue weighted by atomic mass is 10.2. The predicted molar refractivity (Wildman–Crippen MR) is 93.4 cm³/mol. The van der Waals surface area contributed by atoms with Gasteiger partial charge < -0.3 is 14.4 Å². The minimum absolute atomic E-state index is 0.288. The van der Waals surface area contributed by atoms with Crippen LogP contribution in [0.1, 0.15) is 17.3 Å². The van der Waals surface area contributed by atoms with Crippen LogP contribution in [-0.4, -0.2) is 48.4 Å². The molecule has 1 saturated heterocycles. The SMILES string of the molecule is CCOC(=O)c1c(N2CCOCC2)ncn(-c2ccccc2)c1=S. The normalized spacial score (nSPS) is 14.5. The van der Waals surface area contributed by atoms with E-state index in [1.54, 1.807) is 17.8 Å². The molecule has 2 aromatic rings. The zero-order valence-corrected chi connectivity index (χ0v) is 14.3. The summed E-state index contributed by atoms with van der Waals surface area (Å²) in [6.07, 6.45) is 1.66. The Morgan fingerprint density at radius 3 is 2.67 bits per heavy atom. The molecule has 0 spiro atoms. The van der Waals surface area contributed by atoms with Gasteiger partial charge >= 0.3 is 5.97 Å². The van der Waals surface area contributed by atoms with Crippen LogP contribution in [0.25, 0.3) is 5.69 Å². The monoisotopic (exact) mass is 345 g/mol. The Balaban J connectivity index is 2.11. The molecule has 0 N–H and O–H groups in total. The highest BCUT2D eigenvalue weighted by Gasteiger charge is 2.24. The van der Waals surface area contributed by atoms with E-state index in [1.165, 1.54) is 0 Å². The van der Waals surface area contributed by atoms with Crippen molar-refractivity contribution in [2.24, 2.45) is 0 Å². The van der Waals surface area contributed by atoms with Crippen molar-refractivity contribution in [2.45, 2.75) is 6.92 Å². The van der Waals surface area contributed by atoms with Crippen LogP contribution in [0.15, 0.2) is 36.7 Å². The van der Waals surface area contributed by atoms with Crippen molar-refractivity contribution in [3.05, 3.63) is 46.9 Å². The standard InChI is InChI=1S/C17H19N3O3S/c1-2-23-17(21)14-15(19-8-10-22-11-9-19)18-12-20(16(14)24)13-6-4-3-5-7-13/h3-7,12H,2,8-11H2,1H3. The molecule has 1 aliphatic rings. The number of hydrogen-bond donors (Lipinski definition) is 0. The van der Waals surface area contributed by atoms with Crippen LogP contribution < -0.4 is 4.90 Å². The number of rotatable bonds is 4. The Hall–Kier alpha value is -2.25. The zero-order chi connectivity index (χ0) is 16.9. The molecule has 0 amide bonds. The van der Waals surface area contributed by atoms with E-state index < -0.39 is 5.97 Å². The van der Waals surface area contributed by atoms with Crippen molar-refractivity contribution in [1.82, 2.24) is 9.55 Å². The lowest BCUT2D eigenvalue weighted by molar-refractivity contribution is 0.0524. The smallest absolute Gasteiger partial charge is 0.344 e.